The highest BCUT2D eigenvalue weighted by molar-refractivity contribution is 5.94. The minimum absolute atomic E-state index is 0.0661. The number of fused-ring (bicyclic) bond motifs is 1. The lowest BCUT2D eigenvalue weighted by Gasteiger charge is -2.16. The van der Waals surface area contributed by atoms with Crippen molar-refractivity contribution in [1.29, 1.82) is 0 Å². The van der Waals surface area contributed by atoms with Crippen LogP contribution in [0.3, 0.4) is 0 Å². The quantitative estimate of drug-likeness (QED) is 0.772. The van der Waals surface area contributed by atoms with Crippen LogP contribution in [0.2, 0.25) is 0 Å². The Balaban J connectivity index is 1.50. The van der Waals surface area contributed by atoms with Crippen LogP contribution in [-0.2, 0) is 6.42 Å². The molecule has 1 aliphatic rings. The van der Waals surface area contributed by atoms with Crippen LogP contribution in [0, 0.1) is 25.6 Å². The maximum Gasteiger partial charge on any atom is 0.285 e. The fourth-order valence-electron chi connectivity index (χ4n) is 3.68. The predicted octanol–water partition coefficient (Wildman–Crippen LogP) is 2.48. The molecule has 27 heavy (non-hydrogen) atoms. The number of aromatic nitrogens is 3. The third-order valence-corrected chi connectivity index (χ3v) is 5.19. The van der Waals surface area contributed by atoms with Crippen LogP contribution in [0.5, 0.6) is 0 Å². The highest BCUT2D eigenvalue weighted by Crippen LogP contribution is 2.23. The number of carbonyl (C=O) groups is 1. The predicted molar refractivity (Wildman–Crippen MR) is 99.4 cm³/mol. The maximum absolute atomic E-state index is 13.7. The smallest absolute Gasteiger partial charge is 0.285 e. The van der Waals surface area contributed by atoms with Crippen molar-refractivity contribution in [2.24, 2.45) is 5.92 Å². The van der Waals surface area contributed by atoms with Crippen LogP contribution < -0.4 is 5.56 Å². The van der Waals surface area contributed by atoms with Gasteiger partial charge in [-0.05, 0) is 49.8 Å². The Hall–Kier alpha value is -2.96. The van der Waals surface area contributed by atoms with Gasteiger partial charge in [0, 0.05) is 31.0 Å². The summed E-state index contributed by atoms with van der Waals surface area (Å²) >= 11 is 0. The molecule has 1 unspecified atom stereocenters. The van der Waals surface area contributed by atoms with E-state index in [0.717, 1.165) is 17.7 Å². The third kappa shape index (κ3) is 3.25. The maximum atomic E-state index is 13.7. The fourth-order valence-corrected chi connectivity index (χ4v) is 3.68. The summed E-state index contributed by atoms with van der Waals surface area (Å²) in [5.41, 5.74) is 2.54. The van der Waals surface area contributed by atoms with Gasteiger partial charge in [-0.15, -0.1) is 0 Å². The number of benzene rings is 1. The molecule has 0 bridgehead atoms. The zero-order valence-corrected chi connectivity index (χ0v) is 15.3. The van der Waals surface area contributed by atoms with E-state index in [-0.39, 0.29) is 28.8 Å². The molecular formula is C20H21FN4O2. The summed E-state index contributed by atoms with van der Waals surface area (Å²) in [6.45, 7) is 4.71. The lowest BCUT2D eigenvalue weighted by molar-refractivity contribution is 0.0784. The van der Waals surface area contributed by atoms with Crippen LogP contribution in [0.1, 0.15) is 33.6 Å². The molecule has 140 valence electrons. The Morgan fingerprint density at radius 3 is 2.93 bits per heavy atom. The molecule has 0 aliphatic carbocycles. The van der Waals surface area contributed by atoms with E-state index >= 15 is 0 Å². The monoisotopic (exact) mass is 368 g/mol. The number of aryl methyl sites for hydroxylation is 2. The lowest BCUT2D eigenvalue weighted by Crippen LogP contribution is -2.34. The first-order valence-electron chi connectivity index (χ1n) is 9.04. The van der Waals surface area contributed by atoms with Crippen LogP contribution in [0.4, 0.5) is 4.39 Å². The average molecular weight is 368 g/mol. The fraction of sp³-hybridized carbons (Fsp3) is 0.350. The minimum Gasteiger partial charge on any atom is -0.338 e. The molecule has 1 aromatic carbocycles. The molecule has 3 aromatic rings. The number of halogens is 1. The number of hydrogen-bond donors (Lipinski definition) is 1. The second-order valence-electron chi connectivity index (χ2n) is 7.30. The van der Waals surface area contributed by atoms with E-state index in [9.17, 15) is 14.0 Å². The normalized spacial score (nSPS) is 17.0. The van der Waals surface area contributed by atoms with E-state index in [1.807, 2.05) is 13.0 Å². The van der Waals surface area contributed by atoms with E-state index in [2.05, 4.69) is 10.1 Å². The largest absolute Gasteiger partial charge is 0.338 e. The van der Waals surface area contributed by atoms with Gasteiger partial charge >= 0.3 is 0 Å². The summed E-state index contributed by atoms with van der Waals surface area (Å²) < 4.78 is 15.0. The van der Waals surface area contributed by atoms with Crippen molar-refractivity contribution in [2.75, 3.05) is 13.1 Å². The van der Waals surface area contributed by atoms with Gasteiger partial charge in [-0.25, -0.2) is 13.9 Å². The van der Waals surface area contributed by atoms with Crippen molar-refractivity contribution in [3.63, 3.8) is 0 Å². The first-order valence-corrected chi connectivity index (χ1v) is 9.04. The molecule has 3 heterocycles. The summed E-state index contributed by atoms with van der Waals surface area (Å²) in [6, 6.07) is 7.03. The number of nitrogens with one attached hydrogen (secondary N) is 1. The molecule has 1 fully saturated rings. The summed E-state index contributed by atoms with van der Waals surface area (Å²) in [5.74, 6) is -0.248. The van der Waals surface area contributed by atoms with Crippen LogP contribution in [0.15, 0.2) is 35.3 Å². The molecule has 4 rings (SSSR count). The third-order valence-electron chi connectivity index (χ3n) is 5.19. The highest BCUT2D eigenvalue weighted by atomic mass is 19.1. The molecule has 6 nitrogen and oxygen atoms in total. The molecule has 2 aromatic heterocycles. The Bertz CT molecular complexity index is 1090. The van der Waals surface area contributed by atoms with Crippen LogP contribution >= 0.6 is 0 Å². The number of nitrogens with zero attached hydrogens (tertiary/aromatic N) is 3. The molecule has 1 amide bonds. The summed E-state index contributed by atoms with van der Waals surface area (Å²) in [4.78, 5) is 31.3. The zero-order chi connectivity index (χ0) is 19.1. The first kappa shape index (κ1) is 17.5. The molecule has 1 aliphatic heterocycles. The van der Waals surface area contributed by atoms with Crippen LogP contribution in [-0.4, -0.2) is 38.5 Å². The van der Waals surface area contributed by atoms with Gasteiger partial charge in [0.2, 0.25) is 0 Å². The standard InChI is InChI=1S/C20H21FN4O2/c1-12-3-4-14(9-17(12)21)8-15-5-6-24(11-15)19(26)16-10-22-18-7-13(2)23-25(18)20(16)27/h3-4,7,9-10,15,23H,5-6,8,11H2,1-2H3. The molecule has 1 N–H and O–H groups in total. The SMILES string of the molecule is Cc1cc2ncc(C(=O)N3CCC(Cc4ccc(C)c(F)c4)C3)c(=O)n2[nH]1. The van der Waals surface area contributed by atoms with E-state index < -0.39 is 0 Å². The van der Waals surface area contributed by atoms with Crippen molar-refractivity contribution in [3.8, 4) is 0 Å². The van der Waals surface area contributed by atoms with Crippen molar-refractivity contribution in [1.82, 2.24) is 19.5 Å². The number of amides is 1. The van der Waals surface area contributed by atoms with E-state index in [0.29, 0.717) is 30.7 Å². The Morgan fingerprint density at radius 2 is 2.15 bits per heavy atom. The number of likely N-dealkylation sites (tertiary alicyclic amines) is 1. The Labute approximate surface area is 155 Å². The molecule has 0 radical (unpaired) electrons. The number of rotatable bonds is 3. The number of aromatic amines is 1. The lowest BCUT2D eigenvalue weighted by atomic mass is 9.98. The highest BCUT2D eigenvalue weighted by Gasteiger charge is 2.29. The van der Waals surface area contributed by atoms with E-state index in [1.54, 1.807) is 30.0 Å². The van der Waals surface area contributed by atoms with Gasteiger partial charge in [-0.1, -0.05) is 12.1 Å². The van der Waals surface area contributed by atoms with Gasteiger partial charge < -0.3 is 4.90 Å². The van der Waals surface area contributed by atoms with Crippen molar-refractivity contribution in [3.05, 3.63) is 69.0 Å². The minimum atomic E-state index is -0.387. The summed E-state index contributed by atoms with van der Waals surface area (Å²) in [5, 5.41) is 2.90. The van der Waals surface area contributed by atoms with E-state index in [4.69, 9.17) is 0 Å². The van der Waals surface area contributed by atoms with Gasteiger partial charge in [-0.3, -0.25) is 14.7 Å². The van der Waals surface area contributed by atoms with Gasteiger partial charge in [0.15, 0.2) is 5.65 Å². The van der Waals surface area contributed by atoms with Crippen molar-refractivity contribution < 1.29 is 9.18 Å². The first-order chi connectivity index (χ1) is 12.9. The number of carbonyl (C=O) groups excluding carboxylic acids is 1. The molecule has 7 heteroatoms. The van der Waals surface area contributed by atoms with Gasteiger partial charge in [0.25, 0.3) is 11.5 Å². The summed E-state index contributed by atoms with van der Waals surface area (Å²) in [6.07, 6.45) is 2.91. The molecule has 1 atom stereocenters. The summed E-state index contributed by atoms with van der Waals surface area (Å²) in [7, 11) is 0. The second-order valence-corrected chi connectivity index (χ2v) is 7.30. The van der Waals surface area contributed by atoms with Gasteiger partial charge in [0.1, 0.15) is 11.4 Å². The number of hydrogen-bond acceptors (Lipinski definition) is 3. The van der Waals surface area contributed by atoms with Crippen molar-refractivity contribution >= 4 is 11.6 Å². The number of H-pyrrole nitrogens is 1. The molecular weight excluding hydrogens is 347 g/mol. The van der Waals surface area contributed by atoms with Crippen molar-refractivity contribution in [2.45, 2.75) is 26.7 Å². The molecule has 0 saturated carbocycles. The Kier molecular flexibility index (Phi) is 4.30. The van der Waals surface area contributed by atoms with Gasteiger partial charge in [0.05, 0.1) is 0 Å². The van der Waals surface area contributed by atoms with Crippen LogP contribution in [0.25, 0.3) is 5.65 Å². The molecule has 1 saturated heterocycles. The Morgan fingerprint density at radius 1 is 1.33 bits per heavy atom. The van der Waals surface area contributed by atoms with E-state index in [1.165, 1.54) is 10.7 Å². The topological polar surface area (TPSA) is 70.5 Å². The zero-order valence-electron chi connectivity index (χ0n) is 15.3. The molecule has 0 spiro atoms. The second kappa shape index (κ2) is 6.64. The van der Waals surface area contributed by atoms with Gasteiger partial charge in [-0.2, -0.15) is 0 Å². The average Bonchev–Trinajstić information content (AvgIpc) is 3.24.